The predicted octanol–water partition coefficient (Wildman–Crippen LogP) is -2.25. The Morgan fingerprint density at radius 1 is 1.55 bits per heavy atom. The van der Waals surface area contributed by atoms with Gasteiger partial charge in [-0.15, -0.1) is 0 Å². The summed E-state index contributed by atoms with van der Waals surface area (Å²) in [5.41, 5.74) is 0.0507. The Bertz CT molecular complexity index is 590. The third-order valence-electron chi connectivity index (χ3n) is 2.55. The largest absolute Gasteiger partial charge is 1.00 e. The van der Waals surface area contributed by atoms with Crippen molar-refractivity contribution in [3.63, 3.8) is 0 Å². The molecule has 1 fully saturated rings. The number of carboxylic acid groups (broad SMARTS) is 1. The Labute approximate surface area is 128 Å². The van der Waals surface area contributed by atoms with E-state index in [9.17, 15) is 13.2 Å². The fourth-order valence-corrected chi connectivity index (χ4v) is 2.65. The third kappa shape index (κ3) is 3.93. The summed E-state index contributed by atoms with van der Waals surface area (Å²) in [7, 11) is -2.38. The molecule has 0 radical (unpaired) electrons. The van der Waals surface area contributed by atoms with Gasteiger partial charge in [-0.3, -0.25) is 4.72 Å². The number of hydrogen-bond acceptors (Lipinski definition) is 6. The number of carbonyl (C=O) groups is 1. The standard InChI is InChI=1S/C10H13N3O5S.Li/c1-18-8(9(14)15)7-4-5-11-10(12-7)13-19(16,17)6-2-3-6;/h4-6,8H,2-3H2,1H3,(H2,11,12,13,14,15);/q;+1/p-1. The molecule has 8 nitrogen and oxygen atoms in total. The van der Waals surface area contributed by atoms with E-state index in [1.165, 1.54) is 19.4 Å². The number of sulfonamides is 1. The van der Waals surface area contributed by atoms with Crippen molar-refractivity contribution in [2.45, 2.75) is 24.2 Å². The Hall–Kier alpha value is -1.14. The number of rotatable bonds is 6. The van der Waals surface area contributed by atoms with Gasteiger partial charge >= 0.3 is 24.8 Å². The predicted molar refractivity (Wildman–Crippen MR) is 64.4 cm³/mol. The van der Waals surface area contributed by atoms with E-state index in [-0.39, 0.29) is 30.5 Å². The molecule has 0 aromatic carbocycles. The number of carboxylic acids is 1. The van der Waals surface area contributed by atoms with Crippen LogP contribution in [0.5, 0.6) is 0 Å². The van der Waals surface area contributed by atoms with Crippen LogP contribution < -0.4 is 18.9 Å². The van der Waals surface area contributed by atoms with Crippen LogP contribution in [0.15, 0.2) is 12.3 Å². The number of aliphatic carboxylic acids is 1. The Morgan fingerprint density at radius 2 is 2.20 bits per heavy atom. The van der Waals surface area contributed by atoms with E-state index in [1.54, 1.807) is 0 Å². The van der Waals surface area contributed by atoms with Gasteiger partial charge in [-0.25, -0.2) is 13.2 Å². The van der Waals surface area contributed by atoms with Gasteiger partial charge in [0.05, 0.1) is 5.25 Å². The SMILES string of the molecule is COC(C(=O)O)c1ccnc([N-]S(=O)(=O)C2CC2)n1.[Li+]. The van der Waals surface area contributed by atoms with Crippen molar-refractivity contribution in [2.24, 2.45) is 0 Å². The van der Waals surface area contributed by atoms with E-state index >= 15 is 0 Å². The van der Waals surface area contributed by atoms with E-state index < -0.39 is 27.3 Å². The zero-order valence-corrected chi connectivity index (χ0v) is 11.9. The van der Waals surface area contributed by atoms with Crippen molar-refractivity contribution in [1.29, 1.82) is 0 Å². The van der Waals surface area contributed by atoms with Gasteiger partial charge in [-0.05, 0) is 19.0 Å². The molecule has 1 atom stereocenters. The summed E-state index contributed by atoms with van der Waals surface area (Å²) in [4.78, 5) is 18.4. The summed E-state index contributed by atoms with van der Waals surface area (Å²) < 4.78 is 31.6. The topological polar surface area (TPSA) is 121 Å². The molecule has 1 unspecified atom stereocenters. The second kappa shape index (κ2) is 6.54. The molecule has 1 N–H and O–H groups in total. The fourth-order valence-electron chi connectivity index (χ4n) is 1.45. The number of methoxy groups -OCH3 is 1. The molecule has 1 aliphatic rings. The van der Waals surface area contributed by atoms with Gasteiger partial charge < -0.3 is 19.8 Å². The Balaban J connectivity index is 0.00000200. The number of hydrogen-bond donors (Lipinski definition) is 1. The minimum absolute atomic E-state index is 0. The molecule has 1 heterocycles. The summed E-state index contributed by atoms with van der Waals surface area (Å²) in [6, 6.07) is 1.34. The molecule has 0 bridgehead atoms. The molecule has 0 saturated heterocycles. The molecular formula is C10H12LiN3O5S. The summed E-state index contributed by atoms with van der Waals surface area (Å²) in [6.07, 6.45) is 1.14. The fraction of sp³-hybridized carbons (Fsp3) is 0.500. The average molecular weight is 293 g/mol. The first-order valence-corrected chi connectivity index (χ1v) is 6.99. The van der Waals surface area contributed by atoms with Crippen molar-refractivity contribution in [1.82, 2.24) is 9.97 Å². The number of ether oxygens (including phenoxy) is 1. The van der Waals surface area contributed by atoms with Gasteiger partial charge in [0, 0.05) is 18.8 Å². The summed E-state index contributed by atoms with van der Waals surface area (Å²) in [6.45, 7) is 0. The molecule has 104 valence electrons. The first-order valence-electron chi connectivity index (χ1n) is 5.49. The average Bonchev–Trinajstić information content (AvgIpc) is 3.13. The van der Waals surface area contributed by atoms with Crippen LogP contribution in [0.25, 0.3) is 4.72 Å². The maximum absolute atomic E-state index is 11.7. The zero-order chi connectivity index (χ0) is 14.0. The zero-order valence-electron chi connectivity index (χ0n) is 11.1. The van der Waals surface area contributed by atoms with Gasteiger partial charge in [0.15, 0.2) is 6.10 Å². The van der Waals surface area contributed by atoms with Crippen molar-refractivity contribution in [2.75, 3.05) is 7.11 Å². The maximum atomic E-state index is 11.7. The van der Waals surface area contributed by atoms with Crippen molar-refractivity contribution < 1.29 is 41.9 Å². The summed E-state index contributed by atoms with van der Waals surface area (Å²) >= 11 is 0. The van der Waals surface area contributed by atoms with Gasteiger partial charge in [-0.1, -0.05) is 6.07 Å². The van der Waals surface area contributed by atoms with E-state index in [4.69, 9.17) is 9.84 Å². The van der Waals surface area contributed by atoms with Gasteiger partial charge in [-0.2, -0.15) is 0 Å². The smallest absolute Gasteiger partial charge is 0.479 e. The van der Waals surface area contributed by atoms with Crippen molar-refractivity contribution in [3.05, 3.63) is 22.7 Å². The first kappa shape index (κ1) is 16.9. The molecule has 0 spiro atoms. The van der Waals surface area contributed by atoms with Crippen molar-refractivity contribution >= 4 is 21.9 Å². The maximum Gasteiger partial charge on any atom is 1.00 e. The molecule has 20 heavy (non-hydrogen) atoms. The van der Waals surface area contributed by atoms with Crippen LogP contribution in [-0.2, 0) is 19.6 Å². The summed E-state index contributed by atoms with van der Waals surface area (Å²) in [5, 5.41) is 8.45. The normalized spacial score (nSPS) is 16.1. The third-order valence-corrected chi connectivity index (χ3v) is 4.28. The molecule has 1 aromatic rings. The van der Waals surface area contributed by atoms with Crippen LogP contribution in [0.1, 0.15) is 24.6 Å². The number of nitrogens with zero attached hydrogens (tertiary/aromatic N) is 3. The van der Waals surface area contributed by atoms with Gasteiger partial charge in [0.2, 0.25) is 10.0 Å². The van der Waals surface area contributed by atoms with Crippen LogP contribution in [0.4, 0.5) is 5.95 Å². The second-order valence-corrected chi connectivity index (χ2v) is 5.92. The molecule has 0 aliphatic heterocycles. The second-order valence-electron chi connectivity index (χ2n) is 4.04. The van der Waals surface area contributed by atoms with E-state index in [2.05, 4.69) is 14.7 Å². The van der Waals surface area contributed by atoms with E-state index in [0.29, 0.717) is 12.8 Å². The molecule has 1 saturated carbocycles. The number of aromatic nitrogens is 2. The minimum Gasteiger partial charge on any atom is -0.479 e. The van der Waals surface area contributed by atoms with E-state index in [0.717, 1.165) is 0 Å². The Morgan fingerprint density at radius 3 is 2.70 bits per heavy atom. The minimum atomic E-state index is -3.60. The van der Waals surface area contributed by atoms with Crippen LogP contribution in [0, 0.1) is 0 Å². The Kier molecular flexibility index (Phi) is 5.53. The van der Waals surface area contributed by atoms with E-state index in [1.807, 2.05) is 0 Å². The molecule has 2 rings (SSSR count). The quantitative estimate of drug-likeness (QED) is 0.588. The molecule has 1 aromatic heterocycles. The van der Waals surface area contributed by atoms with Gasteiger partial charge in [0.1, 0.15) is 0 Å². The first-order chi connectivity index (χ1) is 8.94. The van der Waals surface area contributed by atoms with Crippen LogP contribution in [0.3, 0.4) is 0 Å². The summed E-state index contributed by atoms with van der Waals surface area (Å²) in [5.74, 6) is -1.50. The molecule has 1 aliphatic carbocycles. The van der Waals surface area contributed by atoms with Crippen molar-refractivity contribution in [3.8, 4) is 0 Å². The molecule has 10 heteroatoms. The van der Waals surface area contributed by atoms with Crippen LogP contribution >= 0.6 is 0 Å². The van der Waals surface area contributed by atoms with Crippen LogP contribution in [0.2, 0.25) is 0 Å². The monoisotopic (exact) mass is 293 g/mol. The molecule has 0 amide bonds. The molecular weight excluding hydrogens is 281 g/mol. The van der Waals surface area contributed by atoms with Gasteiger partial charge in [0.25, 0.3) is 0 Å². The van der Waals surface area contributed by atoms with Crippen LogP contribution in [-0.4, -0.2) is 41.8 Å².